The van der Waals surface area contributed by atoms with Crippen LogP contribution in [0.5, 0.6) is 0 Å². The smallest absolute Gasteiger partial charge is 0.289 e. The summed E-state index contributed by atoms with van der Waals surface area (Å²) in [5, 5.41) is 0. The van der Waals surface area contributed by atoms with Crippen LogP contribution in [0.15, 0.2) is 0 Å². The van der Waals surface area contributed by atoms with Crippen LogP contribution in [0.3, 0.4) is 0 Å². The molecule has 0 aliphatic rings. The Morgan fingerprint density at radius 2 is 1.36 bits per heavy atom. The van der Waals surface area contributed by atoms with Crippen LogP contribution < -0.4 is 0 Å². The normalized spacial score (nSPS) is 11.9. The molecule has 0 fully saturated rings. The van der Waals surface area contributed by atoms with Gasteiger partial charge < -0.3 is 0 Å². The van der Waals surface area contributed by atoms with Crippen molar-refractivity contribution in [2.75, 3.05) is 6.67 Å². The van der Waals surface area contributed by atoms with E-state index in [2.05, 4.69) is 0 Å². The number of carbonyl (C=O) groups excluding carboxylic acids is 2. The van der Waals surface area contributed by atoms with E-state index in [-0.39, 0.29) is 22.4 Å². The minimum atomic E-state index is -5.85. The van der Waals surface area contributed by atoms with E-state index < -0.39 is 30.3 Å². The summed E-state index contributed by atoms with van der Waals surface area (Å²) in [6.07, 6.45) is -5.85. The SMILES string of the molecule is O=C(CF)C(F)(F)C(=O)C(F)(F)F.[Au]. The second-order valence-electron chi connectivity index (χ2n) is 1.96. The van der Waals surface area contributed by atoms with Gasteiger partial charge in [-0.15, -0.1) is 0 Å². The van der Waals surface area contributed by atoms with E-state index in [1.54, 1.807) is 0 Å². The maximum absolute atomic E-state index is 12.0. The second-order valence-corrected chi connectivity index (χ2v) is 1.96. The quantitative estimate of drug-likeness (QED) is 0.403. The van der Waals surface area contributed by atoms with Crippen molar-refractivity contribution in [1.82, 2.24) is 0 Å². The minimum absolute atomic E-state index is 0. The van der Waals surface area contributed by atoms with E-state index in [4.69, 9.17) is 0 Å². The molecule has 0 N–H and O–H groups in total. The van der Waals surface area contributed by atoms with Gasteiger partial charge in [0.2, 0.25) is 5.78 Å². The van der Waals surface area contributed by atoms with Crippen LogP contribution >= 0.6 is 0 Å². The number of alkyl halides is 6. The van der Waals surface area contributed by atoms with Crippen molar-refractivity contribution < 1.29 is 58.3 Å². The van der Waals surface area contributed by atoms with Crippen LogP contribution in [0.4, 0.5) is 26.3 Å². The second kappa shape index (κ2) is 4.94. The molecule has 0 rings (SSSR count). The molecule has 87 valence electrons. The van der Waals surface area contributed by atoms with E-state index in [9.17, 15) is 35.9 Å². The van der Waals surface area contributed by atoms with Gasteiger partial charge in [-0.25, -0.2) is 4.39 Å². The van der Waals surface area contributed by atoms with Crippen LogP contribution in [0.25, 0.3) is 0 Å². The summed E-state index contributed by atoms with van der Waals surface area (Å²) >= 11 is 0. The summed E-state index contributed by atoms with van der Waals surface area (Å²) in [6.45, 7) is -2.32. The van der Waals surface area contributed by atoms with Crippen LogP contribution in [0.2, 0.25) is 0 Å². The van der Waals surface area contributed by atoms with Crippen molar-refractivity contribution in [3.63, 3.8) is 0 Å². The van der Waals surface area contributed by atoms with Crippen LogP contribution in [-0.4, -0.2) is 30.3 Å². The molecule has 0 unspecified atom stereocenters. The number of hydrogen-bond acceptors (Lipinski definition) is 2. The zero-order valence-electron chi connectivity index (χ0n) is 6.09. The third-order valence-corrected chi connectivity index (χ3v) is 1.01. The van der Waals surface area contributed by atoms with Gasteiger partial charge in [0.15, 0.2) is 6.67 Å². The molecule has 14 heavy (non-hydrogen) atoms. The van der Waals surface area contributed by atoms with E-state index in [0.717, 1.165) is 0 Å². The fourth-order valence-corrected chi connectivity index (χ4v) is 0.389. The molecule has 0 bridgehead atoms. The summed E-state index contributed by atoms with van der Waals surface area (Å²) in [7, 11) is 0. The Kier molecular flexibility index (Phi) is 5.69. The van der Waals surface area contributed by atoms with Gasteiger partial charge in [-0.05, 0) is 0 Å². The van der Waals surface area contributed by atoms with Gasteiger partial charge in [-0.3, -0.25) is 9.59 Å². The zero-order valence-corrected chi connectivity index (χ0v) is 8.26. The predicted octanol–water partition coefficient (Wildman–Crippen LogP) is 1.29. The number of hydrogen-bond donors (Lipinski definition) is 0. The van der Waals surface area contributed by atoms with E-state index >= 15 is 0 Å². The van der Waals surface area contributed by atoms with E-state index in [0.29, 0.717) is 0 Å². The third kappa shape index (κ3) is 3.43. The van der Waals surface area contributed by atoms with E-state index in [1.807, 2.05) is 0 Å². The average Bonchev–Trinajstić information content (AvgIpc) is 1.99. The van der Waals surface area contributed by atoms with Gasteiger partial charge >= 0.3 is 17.9 Å². The van der Waals surface area contributed by atoms with E-state index in [1.165, 1.54) is 0 Å². The Morgan fingerprint density at radius 1 is 1.00 bits per heavy atom. The van der Waals surface area contributed by atoms with Gasteiger partial charge in [0.25, 0.3) is 0 Å². The minimum Gasteiger partial charge on any atom is -0.289 e. The first-order valence-corrected chi connectivity index (χ1v) is 2.72. The Balaban J connectivity index is 0. The number of Topliss-reactive ketones (excluding diaryl/α,β-unsaturated/α-hetero) is 2. The van der Waals surface area contributed by atoms with Crippen molar-refractivity contribution in [1.29, 1.82) is 0 Å². The topological polar surface area (TPSA) is 34.1 Å². The molecule has 0 atom stereocenters. The molecule has 0 heterocycles. The van der Waals surface area contributed by atoms with Crippen molar-refractivity contribution >= 4 is 11.6 Å². The number of carbonyl (C=O) groups is 2. The van der Waals surface area contributed by atoms with Crippen molar-refractivity contribution in [3.8, 4) is 0 Å². The fraction of sp³-hybridized carbons (Fsp3) is 0.600. The van der Waals surface area contributed by atoms with Crippen molar-refractivity contribution in [2.45, 2.75) is 12.1 Å². The molecule has 2 nitrogen and oxygen atoms in total. The summed E-state index contributed by atoms with van der Waals surface area (Å²) in [5.74, 6) is -11.6. The average molecular weight is 405 g/mol. The van der Waals surface area contributed by atoms with Gasteiger partial charge in [-0.2, -0.15) is 22.0 Å². The predicted molar refractivity (Wildman–Crippen MR) is 27.0 cm³/mol. The first-order chi connectivity index (χ1) is 5.64. The third-order valence-electron chi connectivity index (χ3n) is 1.01. The molecule has 0 saturated carbocycles. The molecular weight excluding hydrogens is 403 g/mol. The Bertz CT molecular complexity index is 235. The van der Waals surface area contributed by atoms with Crippen LogP contribution in [-0.2, 0) is 32.0 Å². The molecule has 0 saturated heterocycles. The molecule has 1 radical (unpaired) electrons. The largest absolute Gasteiger partial charge is 0.456 e. The van der Waals surface area contributed by atoms with Gasteiger partial charge in [-0.1, -0.05) is 0 Å². The molecule has 0 spiro atoms. The standard InChI is InChI=1S/C5H2F6O2.Au/c6-1-2(12)4(7,8)3(13)5(9,10)11;/h1H2;. The molecule has 9 heteroatoms. The molecule has 0 aromatic carbocycles. The molecule has 0 aliphatic carbocycles. The maximum Gasteiger partial charge on any atom is 0.456 e. The van der Waals surface area contributed by atoms with Gasteiger partial charge in [0.1, 0.15) is 0 Å². The Labute approximate surface area is 89.1 Å². The monoisotopic (exact) mass is 405 g/mol. The first kappa shape index (κ1) is 16.1. The Morgan fingerprint density at radius 3 is 1.57 bits per heavy atom. The van der Waals surface area contributed by atoms with Gasteiger partial charge in [0.05, 0.1) is 0 Å². The number of halogens is 6. The molecule has 0 aromatic rings. The summed E-state index contributed by atoms with van der Waals surface area (Å²) < 4.78 is 69.4. The molecule has 0 amide bonds. The first-order valence-electron chi connectivity index (χ1n) is 2.72. The molecule has 0 aromatic heterocycles. The van der Waals surface area contributed by atoms with Crippen LogP contribution in [0.1, 0.15) is 0 Å². The Hall–Kier alpha value is -0.340. The molecular formula is C5H2AuF6O2. The summed E-state index contributed by atoms with van der Waals surface area (Å²) in [6, 6.07) is 0. The molecule has 0 aliphatic heterocycles. The summed E-state index contributed by atoms with van der Waals surface area (Å²) in [4.78, 5) is 19.7. The van der Waals surface area contributed by atoms with Crippen molar-refractivity contribution in [3.05, 3.63) is 0 Å². The zero-order chi connectivity index (χ0) is 10.9. The van der Waals surface area contributed by atoms with Gasteiger partial charge in [0, 0.05) is 22.4 Å². The summed E-state index contributed by atoms with van der Waals surface area (Å²) in [5.41, 5.74) is 0. The number of ketones is 2. The number of rotatable bonds is 3. The maximum atomic E-state index is 12.0. The fourth-order valence-electron chi connectivity index (χ4n) is 0.389. The van der Waals surface area contributed by atoms with Crippen molar-refractivity contribution in [2.24, 2.45) is 0 Å². The van der Waals surface area contributed by atoms with Crippen LogP contribution in [0, 0.1) is 0 Å².